The van der Waals surface area contributed by atoms with E-state index in [9.17, 15) is 19.5 Å². The predicted octanol–water partition coefficient (Wildman–Crippen LogP) is 6.42. The van der Waals surface area contributed by atoms with Crippen molar-refractivity contribution in [1.82, 2.24) is 4.90 Å². The molecule has 4 aliphatic rings. The first-order valence-electron chi connectivity index (χ1n) is 16.4. The maximum Gasteiger partial charge on any atom is 0.246 e. The summed E-state index contributed by atoms with van der Waals surface area (Å²) in [5.74, 6) is -4.60. The Bertz CT molecular complexity index is 2050. The van der Waals surface area contributed by atoms with E-state index < -0.39 is 46.8 Å². The molecule has 4 aromatic rings. The fourth-order valence-corrected chi connectivity index (χ4v) is 9.15. The molecule has 4 aromatic carbocycles. The van der Waals surface area contributed by atoms with Gasteiger partial charge in [0.2, 0.25) is 23.6 Å². The SMILES string of the molecule is COc1ccc(O)c(C2C3=CCC4C(=O)N(Cc5ccccc5)C(=O)C4C3CC3C(=O)N(c4cccc(Cl)c4)C(=O)C32c2ccccc2)c1. The van der Waals surface area contributed by atoms with E-state index in [2.05, 4.69) is 0 Å². The number of rotatable bonds is 6. The second-order valence-corrected chi connectivity index (χ2v) is 13.7. The highest BCUT2D eigenvalue weighted by Crippen LogP contribution is 2.65. The third kappa shape index (κ3) is 4.57. The van der Waals surface area contributed by atoms with Crippen molar-refractivity contribution in [2.45, 2.75) is 30.7 Å². The summed E-state index contributed by atoms with van der Waals surface area (Å²) < 4.78 is 5.60. The van der Waals surface area contributed by atoms with Crippen LogP contribution in [0.1, 0.15) is 35.4 Å². The lowest BCUT2D eigenvalue weighted by Gasteiger charge is -2.50. The molecule has 3 fully saturated rings. The van der Waals surface area contributed by atoms with Crippen LogP contribution in [0.15, 0.2) is 115 Å². The molecule has 6 unspecified atom stereocenters. The number of hydrogen-bond acceptors (Lipinski definition) is 6. The number of benzene rings is 4. The standard InChI is InChI=1S/C40H33ClN2O6/c1-49-27-15-18-33(44)31(20-27)35-28-16-17-29-34(38(47)42(36(29)45)22-23-9-4-2-5-10-23)30(28)21-32-37(46)43(26-14-8-13-25(41)19-26)39(48)40(32,35)24-11-6-3-7-12-24/h2-16,18-20,29-30,32,34-35,44H,17,21-22H2,1H3. The molecule has 0 spiro atoms. The van der Waals surface area contributed by atoms with Gasteiger partial charge in [0.15, 0.2) is 0 Å². The summed E-state index contributed by atoms with van der Waals surface area (Å²) in [5, 5.41) is 11.9. The van der Waals surface area contributed by atoms with Gasteiger partial charge in [0, 0.05) is 16.5 Å². The van der Waals surface area contributed by atoms with Crippen molar-refractivity contribution in [3.63, 3.8) is 0 Å². The fourth-order valence-electron chi connectivity index (χ4n) is 8.97. The van der Waals surface area contributed by atoms with Crippen molar-refractivity contribution in [2.24, 2.45) is 23.7 Å². The van der Waals surface area contributed by atoms with Crippen LogP contribution in [0.5, 0.6) is 11.5 Å². The molecule has 4 amide bonds. The number of likely N-dealkylation sites (tertiary alicyclic amines) is 1. The number of carbonyl (C=O) groups is 4. The highest BCUT2D eigenvalue weighted by molar-refractivity contribution is 6.32. The largest absolute Gasteiger partial charge is 0.508 e. The van der Waals surface area contributed by atoms with Crippen molar-refractivity contribution in [1.29, 1.82) is 0 Å². The molecule has 8 rings (SSSR count). The number of nitrogens with zero attached hydrogens (tertiary/aromatic N) is 2. The summed E-state index contributed by atoms with van der Waals surface area (Å²) in [4.78, 5) is 61.0. The van der Waals surface area contributed by atoms with Gasteiger partial charge >= 0.3 is 0 Å². The molecule has 0 radical (unpaired) electrons. The zero-order chi connectivity index (χ0) is 34.0. The zero-order valence-electron chi connectivity index (χ0n) is 26.7. The lowest BCUT2D eigenvalue weighted by atomic mass is 9.49. The minimum atomic E-state index is -1.49. The average Bonchev–Trinajstić information content (AvgIpc) is 3.50. The number of phenols is 1. The maximum atomic E-state index is 15.3. The summed E-state index contributed by atoms with van der Waals surface area (Å²) in [6.07, 6.45) is 2.44. The predicted molar refractivity (Wildman–Crippen MR) is 183 cm³/mol. The number of anilines is 1. The van der Waals surface area contributed by atoms with Crippen LogP contribution in [-0.2, 0) is 31.1 Å². The smallest absolute Gasteiger partial charge is 0.246 e. The van der Waals surface area contributed by atoms with Gasteiger partial charge in [-0.3, -0.25) is 24.1 Å². The Labute approximate surface area is 288 Å². The average molecular weight is 673 g/mol. The number of hydrogen-bond donors (Lipinski definition) is 1. The molecular formula is C40H33ClN2O6. The number of aromatic hydroxyl groups is 1. The molecule has 0 aromatic heterocycles. The van der Waals surface area contributed by atoms with Crippen LogP contribution in [0.25, 0.3) is 0 Å². The third-order valence-electron chi connectivity index (χ3n) is 11.0. The molecule has 1 saturated carbocycles. The Balaban J connectivity index is 1.34. The zero-order valence-corrected chi connectivity index (χ0v) is 27.4. The van der Waals surface area contributed by atoms with Gasteiger partial charge in [0.1, 0.15) is 11.5 Å². The molecule has 2 saturated heterocycles. The summed E-state index contributed by atoms with van der Waals surface area (Å²) in [6.45, 7) is 0.158. The second-order valence-electron chi connectivity index (χ2n) is 13.3. The molecule has 9 heteroatoms. The van der Waals surface area contributed by atoms with Gasteiger partial charge in [0.25, 0.3) is 0 Å². The molecule has 8 nitrogen and oxygen atoms in total. The van der Waals surface area contributed by atoms with Crippen molar-refractivity contribution < 1.29 is 29.0 Å². The van der Waals surface area contributed by atoms with Crippen molar-refractivity contribution in [3.05, 3.63) is 136 Å². The normalized spacial score (nSPS) is 27.5. The molecular weight excluding hydrogens is 640 g/mol. The van der Waals surface area contributed by atoms with E-state index in [0.29, 0.717) is 34.0 Å². The second kappa shape index (κ2) is 11.7. The van der Waals surface area contributed by atoms with E-state index in [0.717, 1.165) is 11.1 Å². The van der Waals surface area contributed by atoms with Crippen LogP contribution in [0, 0.1) is 23.7 Å². The number of halogens is 1. The number of imide groups is 2. The summed E-state index contributed by atoms with van der Waals surface area (Å²) >= 11 is 6.38. The quantitative estimate of drug-likeness (QED) is 0.187. The third-order valence-corrected chi connectivity index (χ3v) is 11.2. The summed E-state index contributed by atoms with van der Waals surface area (Å²) in [6, 6.07) is 30.1. The van der Waals surface area contributed by atoms with E-state index in [4.69, 9.17) is 16.3 Å². The molecule has 0 bridgehead atoms. The minimum absolute atomic E-state index is 0.0653. The maximum absolute atomic E-state index is 15.3. The number of ether oxygens (including phenoxy) is 1. The number of phenolic OH excluding ortho intramolecular Hbond substituents is 1. The van der Waals surface area contributed by atoms with Gasteiger partial charge in [-0.25, -0.2) is 4.90 Å². The van der Waals surface area contributed by atoms with Crippen LogP contribution in [0.3, 0.4) is 0 Å². The summed E-state index contributed by atoms with van der Waals surface area (Å²) in [5.41, 5.74) is 1.50. The Hall–Kier alpha value is -5.21. The highest BCUT2D eigenvalue weighted by atomic mass is 35.5. The van der Waals surface area contributed by atoms with Gasteiger partial charge in [-0.05, 0) is 66.3 Å². The first-order chi connectivity index (χ1) is 23.7. The molecule has 2 aliphatic heterocycles. The van der Waals surface area contributed by atoms with Crippen molar-refractivity contribution in [2.75, 3.05) is 12.0 Å². The van der Waals surface area contributed by atoms with Crippen LogP contribution in [-0.4, -0.2) is 40.7 Å². The van der Waals surface area contributed by atoms with Crippen molar-refractivity contribution >= 4 is 40.9 Å². The number of fused-ring (bicyclic) bond motifs is 4. The molecule has 246 valence electrons. The summed E-state index contributed by atoms with van der Waals surface area (Å²) in [7, 11) is 1.52. The Morgan fingerprint density at radius 1 is 0.837 bits per heavy atom. The lowest BCUT2D eigenvalue weighted by molar-refractivity contribution is -0.141. The molecule has 49 heavy (non-hydrogen) atoms. The monoisotopic (exact) mass is 672 g/mol. The first kappa shape index (κ1) is 31.1. The highest BCUT2D eigenvalue weighted by Gasteiger charge is 2.70. The lowest BCUT2D eigenvalue weighted by Crippen LogP contribution is -2.53. The van der Waals surface area contributed by atoms with Crippen LogP contribution in [0.2, 0.25) is 5.02 Å². The Morgan fingerprint density at radius 3 is 2.29 bits per heavy atom. The van der Waals surface area contributed by atoms with Gasteiger partial charge in [-0.1, -0.05) is 90.0 Å². The number of carbonyl (C=O) groups excluding carboxylic acids is 4. The van der Waals surface area contributed by atoms with E-state index in [1.807, 2.05) is 66.7 Å². The topological polar surface area (TPSA) is 104 Å². The van der Waals surface area contributed by atoms with Crippen LogP contribution >= 0.6 is 11.6 Å². The number of amides is 4. The van der Waals surface area contributed by atoms with Gasteiger partial charge in [0.05, 0.1) is 42.5 Å². The number of allylic oxidation sites excluding steroid dienone is 2. The molecule has 2 aliphatic carbocycles. The Morgan fingerprint density at radius 2 is 1.57 bits per heavy atom. The Kier molecular flexibility index (Phi) is 7.45. The van der Waals surface area contributed by atoms with Crippen LogP contribution in [0.4, 0.5) is 5.69 Å². The first-order valence-corrected chi connectivity index (χ1v) is 16.8. The number of methoxy groups -OCH3 is 1. The van der Waals surface area contributed by atoms with Crippen LogP contribution < -0.4 is 9.64 Å². The van der Waals surface area contributed by atoms with Gasteiger partial charge < -0.3 is 9.84 Å². The molecule has 1 N–H and O–H groups in total. The van der Waals surface area contributed by atoms with E-state index in [1.165, 1.54) is 23.0 Å². The van der Waals surface area contributed by atoms with E-state index >= 15 is 4.79 Å². The van der Waals surface area contributed by atoms with E-state index in [-0.39, 0.29) is 30.5 Å². The van der Waals surface area contributed by atoms with Gasteiger partial charge in [-0.2, -0.15) is 0 Å². The molecule has 6 atom stereocenters. The minimum Gasteiger partial charge on any atom is -0.508 e. The van der Waals surface area contributed by atoms with Crippen molar-refractivity contribution in [3.8, 4) is 11.5 Å². The fraction of sp³-hybridized carbons (Fsp3) is 0.250. The molecule has 2 heterocycles. The van der Waals surface area contributed by atoms with E-state index in [1.54, 1.807) is 36.4 Å². The van der Waals surface area contributed by atoms with Gasteiger partial charge in [-0.15, -0.1) is 0 Å².